The molecule has 60 heavy (non-hydrogen) atoms. The van der Waals surface area contributed by atoms with Crippen LogP contribution in [0.2, 0.25) is 0 Å². The maximum atomic E-state index is 15.3. The zero-order valence-electron chi connectivity index (χ0n) is 37.4. The number of amides is 5. The van der Waals surface area contributed by atoms with Gasteiger partial charge in [-0.3, -0.25) is 28.9 Å². The van der Waals surface area contributed by atoms with Crippen molar-refractivity contribution in [3.8, 4) is 0 Å². The Hall–Kier alpha value is -3.04. The molecule has 4 aliphatic carbocycles. The fourth-order valence-corrected chi connectivity index (χ4v) is 13.9. The van der Waals surface area contributed by atoms with Crippen LogP contribution in [0.15, 0.2) is 12.7 Å². The van der Waals surface area contributed by atoms with Gasteiger partial charge in [-0.1, -0.05) is 72.8 Å². The van der Waals surface area contributed by atoms with Gasteiger partial charge in [0.1, 0.15) is 23.7 Å². The Morgan fingerprint density at radius 2 is 1.42 bits per heavy atom. The highest BCUT2D eigenvalue weighted by Crippen LogP contribution is 2.88. The lowest BCUT2D eigenvalue weighted by atomic mass is 9.73. The molecule has 14 nitrogen and oxygen atoms in total. The van der Waals surface area contributed by atoms with Gasteiger partial charge < -0.3 is 20.9 Å². The standard InChI is InChI=1S/C45H73N7O7S/c1-9-31-26-45(31,40(57)49-60(58,59)50-23-15-16-24-50)48-37(54)33-27-44(42(7,8)43(44)21-17-22-43)28-52(33)39(56)35(41(4,5)6)47-38(55)34(30-18-11-10-12-19-30)46-36(53)32-20-13-14-25-51(32)29(2)3/h9,29-35H,1,10-28H2,2-8H3,(H,46,53)(H,47,55)(H,48,54)(H,49,57)/t31-,32?,33+,34+,35-,44-,45-/m1/s1. The van der Waals surface area contributed by atoms with Gasteiger partial charge in [-0.2, -0.15) is 12.7 Å². The Labute approximate surface area is 358 Å². The van der Waals surface area contributed by atoms with Crippen molar-refractivity contribution < 1.29 is 32.4 Å². The van der Waals surface area contributed by atoms with Crippen molar-refractivity contribution in [3.05, 3.63) is 12.7 Å². The molecule has 5 amide bonds. The van der Waals surface area contributed by atoms with Crippen molar-refractivity contribution in [2.75, 3.05) is 26.2 Å². The number of fused-ring (bicyclic) bond motifs is 1. The van der Waals surface area contributed by atoms with E-state index in [9.17, 15) is 27.6 Å². The lowest BCUT2D eigenvalue weighted by molar-refractivity contribution is -0.145. The molecule has 7 aliphatic rings. The summed E-state index contributed by atoms with van der Waals surface area (Å²) in [5.74, 6) is -2.76. The molecular formula is C45H73N7O7S. The molecule has 7 rings (SSSR count). The molecule has 4 N–H and O–H groups in total. The van der Waals surface area contributed by atoms with Gasteiger partial charge in [0, 0.05) is 37.0 Å². The lowest BCUT2D eigenvalue weighted by Crippen LogP contribution is -2.63. The van der Waals surface area contributed by atoms with E-state index in [-0.39, 0.29) is 58.4 Å². The first-order valence-electron chi connectivity index (χ1n) is 23.1. The molecule has 0 aromatic heterocycles. The number of piperidine rings is 1. The Kier molecular flexibility index (Phi) is 12.2. The molecule has 7 atom stereocenters. The second kappa shape index (κ2) is 16.3. The zero-order chi connectivity index (χ0) is 43.6. The number of hydrogen-bond donors (Lipinski definition) is 4. The van der Waals surface area contributed by atoms with Crippen molar-refractivity contribution >= 4 is 39.7 Å². The third-order valence-electron chi connectivity index (χ3n) is 16.7. The Morgan fingerprint density at radius 3 is 1.97 bits per heavy atom. The van der Waals surface area contributed by atoms with Crippen LogP contribution in [0.5, 0.6) is 0 Å². The number of rotatable bonds is 13. The number of carbonyl (C=O) groups excluding carboxylic acids is 5. The van der Waals surface area contributed by atoms with Crippen LogP contribution in [-0.4, -0.2) is 114 Å². The van der Waals surface area contributed by atoms with Gasteiger partial charge in [-0.15, -0.1) is 6.58 Å². The molecule has 0 radical (unpaired) electrons. The van der Waals surface area contributed by atoms with E-state index in [0.29, 0.717) is 38.9 Å². The molecule has 3 saturated heterocycles. The quantitative estimate of drug-likeness (QED) is 0.200. The first-order valence-corrected chi connectivity index (χ1v) is 24.5. The maximum absolute atomic E-state index is 15.3. The minimum atomic E-state index is -4.11. The van der Waals surface area contributed by atoms with Crippen molar-refractivity contribution in [3.63, 3.8) is 0 Å². The molecule has 7 fully saturated rings. The number of nitrogens with zero attached hydrogens (tertiary/aromatic N) is 3. The summed E-state index contributed by atoms with van der Waals surface area (Å²) in [6.07, 6.45) is 14.0. The molecule has 2 spiro atoms. The number of hydrogen-bond acceptors (Lipinski definition) is 8. The second-order valence-electron chi connectivity index (χ2n) is 21.4. The zero-order valence-corrected chi connectivity index (χ0v) is 38.2. The average Bonchev–Trinajstić information content (AvgIpc) is 3.63. The van der Waals surface area contributed by atoms with Crippen LogP contribution in [0.25, 0.3) is 0 Å². The van der Waals surface area contributed by atoms with Crippen LogP contribution in [0.1, 0.15) is 145 Å². The summed E-state index contributed by atoms with van der Waals surface area (Å²) in [6, 6.07) is -2.92. The second-order valence-corrected chi connectivity index (χ2v) is 23.1. The van der Waals surface area contributed by atoms with Gasteiger partial charge >= 0.3 is 10.2 Å². The number of likely N-dealkylation sites (tertiary alicyclic amines) is 2. The minimum Gasteiger partial charge on any atom is -0.343 e. The summed E-state index contributed by atoms with van der Waals surface area (Å²) in [7, 11) is -4.11. The summed E-state index contributed by atoms with van der Waals surface area (Å²) in [5, 5.41) is 9.34. The summed E-state index contributed by atoms with van der Waals surface area (Å²) >= 11 is 0. The topological polar surface area (TPSA) is 177 Å². The summed E-state index contributed by atoms with van der Waals surface area (Å²) in [5.41, 5.74) is -2.79. The molecule has 4 saturated carbocycles. The van der Waals surface area contributed by atoms with Crippen LogP contribution in [0.4, 0.5) is 0 Å². The van der Waals surface area contributed by atoms with Crippen LogP contribution in [-0.2, 0) is 34.2 Å². The predicted octanol–water partition coefficient (Wildman–Crippen LogP) is 4.16. The van der Waals surface area contributed by atoms with Crippen LogP contribution < -0.4 is 20.7 Å². The predicted molar refractivity (Wildman–Crippen MR) is 229 cm³/mol. The Bertz CT molecular complexity index is 1830. The molecule has 3 aliphatic heterocycles. The monoisotopic (exact) mass is 856 g/mol. The number of nitrogens with one attached hydrogen (secondary N) is 4. The third-order valence-corrected chi connectivity index (χ3v) is 18.2. The number of carbonyl (C=O) groups is 5. The smallest absolute Gasteiger partial charge is 0.303 e. The highest BCUT2D eigenvalue weighted by atomic mass is 32.2. The van der Waals surface area contributed by atoms with E-state index < -0.39 is 57.0 Å². The minimum absolute atomic E-state index is 0.0184. The fraction of sp³-hybridized carbons (Fsp3) is 0.844. The Balaban J connectivity index is 1.15. The molecule has 336 valence electrons. The molecule has 0 aromatic carbocycles. The molecular weight excluding hydrogens is 783 g/mol. The first kappa shape index (κ1) is 45.0. The van der Waals surface area contributed by atoms with Crippen LogP contribution >= 0.6 is 0 Å². The molecule has 0 aromatic rings. The normalized spacial score (nSPS) is 32.5. The first-order chi connectivity index (χ1) is 28.2. The van der Waals surface area contributed by atoms with Crippen molar-refractivity contribution in [1.29, 1.82) is 0 Å². The van der Waals surface area contributed by atoms with Gasteiger partial charge in [-0.25, -0.2) is 4.72 Å². The van der Waals surface area contributed by atoms with Crippen molar-refractivity contribution in [2.24, 2.45) is 33.5 Å². The van der Waals surface area contributed by atoms with Gasteiger partial charge in [0.25, 0.3) is 5.91 Å². The van der Waals surface area contributed by atoms with Crippen molar-refractivity contribution in [2.45, 2.75) is 181 Å². The van der Waals surface area contributed by atoms with E-state index >= 15 is 4.79 Å². The summed E-state index contributed by atoms with van der Waals surface area (Å²) < 4.78 is 29.9. The molecule has 3 heterocycles. The SMILES string of the molecule is C=C[C@@H]1C[C@]1(NC(=O)[C@@H]1C[C@@]2(CN1C(=O)[C@@H](NC(=O)[C@@H](NC(=O)C1CCCCN1C(C)C)C1CCCCC1)C(C)(C)C)C(C)(C)C21CCC1)C(=O)NS(=O)(=O)N1CCCC1. The van der Waals surface area contributed by atoms with E-state index in [0.717, 1.165) is 77.2 Å². The van der Waals surface area contributed by atoms with Crippen LogP contribution in [0.3, 0.4) is 0 Å². The van der Waals surface area contributed by atoms with Crippen molar-refractivity contribution in [1.82, 2.24) is 34.8 Å². The van der Waals surface area contributed by atoms with E-state index in [1.54, 1.807) is 11.0 Å². The highest BCUT2D eigenvalue weighted by Gasteiger charge is 2.85. The van der Waals surface area contributed by atoms with E-state index in [1.807, 2.05) is 20.8 Å². The van der Waals surface area contributed by atoms with E-state index in [4.69, 9.17) is 0 Å². The largest absolute Gasteiger partial charge is 0.343 e. The summed E-state index contributed by atoms with van der Waals surface area (Å²) in [4.78, 5) is 76.6. The lowest BCUT2D eigenvalue weighted by Gasteiger charge is -2.40. The van der Waals surface area contributed by atoms with Gasteiger partial charge in [-0.05, 0) is 107 Å². The van der Waals surface area contributed by atoms with Crippen LogP contribution in [0, 0.1) is 33.5 Å². The highest BCUT2D eigenvalue weighted by molar-refractivity contribution is 7.87. The Morgan fingerprint density at radius 1 is 0.783 bits per heavy atom. The van der Waals surface area contributed by atoms with E-state index in [2.05, 4.69) is 59.8 Å². The fourth-order valence-electron chi connectivity index (χ4n) is 12.6. The molecule has 1 unspecified atom stereocenters. The maximum Gasteiger partial charge on any atom is 0.303 e. The summed E-state index contributed by atoms with van der Waals surface area (Å²) in [6.45, 7) is 20.0. The average molecular weight is 856 g/mol. The van der Waals surface area contributed by atoms with Gasteiger partial charge in [0.05, 0.1) is 6.04 Å². The van der Waals surface area contributed by atoms with E-state index in [1.165, 1.54) is 4.31 Å². The molecule has 15 heteroatoms. The van der Waals surface area contributed by atoms with Gasteiger partial charge in [0.2, 0.25) is 23.6 Å². The molecule has 0 bridgehead atoms. The van der Waals surface area contributed by atoms with Gasteiger partial charge in [0.15, 0.2) is 0 Å². The third kappa shape index (κ3) is 7.62.